The predicted octanol–water partition coefficient (Wildman–Crippen LogP) is 2.72. The summed E-state index contributed by atoms with van der Waals surface area (Å²) in [7, 11) is 0. The Hall–Kier alpha value is -1.55. The van der Waals surface area contributed by atoms with Crippen LogP contribution < -0.4 is 0 Å². The topological polar surface area (TPSA) is 42.9 Å². The summed E-state index contributed by atoms with van der Waals surface area (Å²) < 4.78 is 0. The summed E-state index contributed by atoms with van der Waals surface area (Å²) in [6, 6.07) is 3.72. The Morgan fingerprint density at radius 1 is 1.33 bits per heavy atom. The average Bonchev–Trinajstić information content (AvgIpc) is 2.62. The van der Waals surface area contributed by atoms with Gasteiger partial charge in [-0.25, -0.2) is 4.98 Å². The number of hydrogen-bond donors (Lipinski definition) is 0. The number of carbonyl (C=O) groups is 1. The molecule has 0 aromatic carbocycles. The minimum absolute atomic E-state index is 0.0624. The molecule has 0 aliphatic carbocycles. The van der Waals surface area contributed by atoms with Gasteiger partial charge in [0.2, 0.25) is 0 Å². The zero-order valence-electron chi connectivity index (χ0n) is 8.52. The zero-order valence-corrected chi connectivity index (χ0v) is 9.34. The molecule has 0 unspecified atom stereocenters. The summed E-state index contributed by atoms with van der Waals surface area (Å²) in [6.45, 7) is 3.47. The lowest BCUT2D eigenvalue weighted by Gasteiger charge is -1.97. The molecule has 2 heterocycles. The standard InChI is InChI=1S/C11H10N2OS/c1-7(14)11-10(13-8(2)15-11)9-3-5-12-6-4-9/h3-6H,1-2H3. The lowest BCUT2D eigenvalue weighted by Crippen LogP contribution is -1.91. The number of nitrogens with zero attached hydrogens (tertiary/aromatic N) is 2. The van der Waals surface area contributed by atoms with Crippen LogP contribution in [-0.2, 0) is 0 Å². The van der Waals surface area contributed by atoms with E-state index < -0.39 is 0 Å². The Balaban J connectivity index is 2.58. The average molecular weight is 218 g/mol. The molecule has 0 aliphatic heterocycles. The van der Waals surface area contributed by atoms with Crippen molar-refractivity contribution in [2.24, 2.45) is 0 Å². The fraction of sp³-hybridized carbons (Fsp3) is 0.182. The first-order chi connectivity index (χ1) is 7.18. The quantitative estimate of drug-likeness (QED) is 0.728. The fourth-order valence-corrected chi connectivity index (χ4v) is 2.21. The molecule has 76 valence electrons. The Kier molecular flexibility index (Phi) is 2.60. The molecule has 2 rings (SSSR count). The van der Waals surface area contributed by atoms with Crippen LogP contribution in [0, 0.1) is 6.92 Å². The van der Waals surface area contributed by atoms with Gasteiger partial charge >= 0.3 is 0 Å². The second-order valence-corrected chi connectivity index (χ2v) is 4.41. The van der Waals surface area contributed by atoms with Crippen LogP contribution in [0.4, 0.5) is 0 Å². The minimum atomic E-state index is 0.0624. The van der Waals surface area contributed by atoms with E-state index in [-0.39, 0.29) is 5.78 Å². The molecule has 0 aliphatic rings. The van der Waals surface area contributed by atoms with E-state index in [0.29, 0.717) is 0 Å². The fourth-order valence-electron chi connectivity index (χ4n) is 1.37. The van der Waals surface area contributed by atoms with Crippen LogP contribution in [0.5, 0.6) is 0 Å². The van der Waals surface area contributed by atoms with Crippen LogP contribution >= 0.6 is 11.3 Å². The van der Waals surface area contributed by atoms with Crippen molar-refractivity contribution >= 4 is 17.1 Å². The molecule has 0 saturated heterocycles. The highest BCUT2D eigenvalue weighted by molar-refractivity contribution is 7.14. The number of thiazole rings is 1. The molecular formula is C11H10N2OS. The van der Waals surface area contributed by atoms with E-state index in [9.17, 15) is 4.79 Å². The zero-order chi connectivity index (χ0) is 10.8. The Labute approximate surface area is 91.8 Å². The SMILES string of the molecule is CC(=O)c1sc(C)nc1-c1ccncc1. The summed E-state index contributed by atoms with van der Waals surface area (Å²) in [4.78, 5) is 20.4. The van der Waals surface area contributed by atoms with Crippen molar-refractivity contribution in [3.05, 3.63) is 34.4 Å². The number of ketones is 1. The third-order valence-corrected chi connectivity index (χ3v) is 3.08. The minimum Gasteiger partial charge on any atom is -0.294 e. The van der Waals surface area contributed by atoms with Crippen LogP contribution in [0.3, 0.4) is 0 Å². The molecule has 0 saturated carbocycles. The number of rotatable bonds is 2. The molecule has 0 spiro atoms. The van der Waals surface area contributed by atoms with Crippen LogP contribution in [0.25, 0.3) is 11.3 Å². The van der Waals surface area contributed by atoms with Crippen molar-refractivity contribution in [2.45, 2.75) is 13.8 Å². The van der Waals surface area contributed by atoms with E-state index in [0.717, 1.165) is 21.1 Å². The smallest absolute Gasteiger partial charge is 0.172 e. The van der Waals surface area contributed by atoms with Crippen molar-refractivity contribution in [2.75, 3.05) is 0 Å². The molecule has 3 nitrogen and oxygen atoms in total. The first kappa shape index (κ1) is 9.98. The van der Waals surface area contributed by atoms with Gasteiger partial charge in [0.1, 0.15) is 0 Å². The van der Waals surface area contributed by atoms with E-state index in [2.05, 4.69) is 9.97 Å². The van der Waals surface area contributed by atoms with Gasteiger partial charge in [-0.05, 0) is 19.1 Å². The van der Waals surface area contributed by atoms with Gasteiger partial charge in [0.15, 0.2) is 5.78 Å². The second kappa shape index (κ2) is 3.90. The Morgan fingerprint density at radius 2 is 2.00 bits per heavy atom. The van der Waals surface area contributed by atoms with Crippen LogP contribution in [0.15, 0.2) is 24.5 Å². The monoisotopic (exact) mass is 218 g/mol. The van der Waals surface area contributed by atoms with E-state index >= 15 is 0 Å². The second-order valence-electron chi connectivity index (χ2n) is 3.20. The molecule has 0 atom stereocenters. The number of aromatic nitrogens is 2. The maximum atomic E-state index is 11.4. The molecule has 4 heteroatoms. The third kappa shape index (κ3) is 1.94. The van der Waals surface area contributed by atoms with Crippen LogP contribution in [0.1, 0.15) is 21.6 Å². The highest BCUT2D eigenvalue weighted by Gasteiger charge is 2.14. The van der Waals surface area contributed by atoms with E-state index in [1.54, 1.807) is 19.3 Å². The van der Waals surface area contributed by atoms with Crippen LogP contribution in [0.2, 0.25) is 0 Å². The first-order valence-corrected chi connectivity index (χ1v) is 5.39. The molecule has 0 N–H and O–H groups in total. The first-order valence-electron chi connectivity index (χ1n) is 4.57. The highest BCUT2D eigenvalue weighted by Crippen LogP contribution is 2.27. The Morgan fingerprint density at radius 3 is 2.60 bits per heavy atom. The number of pyridine rings is 1. The van der Waals surface area contributed by atoms with Crippen LogP contribution in [-0.4, -0.2) is 15.8 Å². The maximum absolute atomic E-state index is 11.4. The van der Waals surface area contributed by atoms with Gasteiger partial charge in [-0.3, -0.25) is 9.78 Å². The lowest BCUT2D eigenvalue weighted by molar-refractivity contribution is 0.102. The maximum Gasteiger partial charge on any atom is 0.172 e. The van der Waals surface area contributed by atoms with E-state index in [4.69, 9.17) is 0 Å². The number of carbonyl (C=O) groups excluding carboxylic acids is 1. The molecule has 0 bridgehead atoms. The Bertz CT molecular complexity index is 491. The normalized spacial score (nSPS) is 10.3. The van der Waals surface area contributed by atoms with Crippen molar-refractivity contribution in [1.82, 2.24) is 9.97 Å². The van der Waals surface area contributed by atoms with Crippen molar-refractivity contribution in [3.8, 4) is 11.3 Å². The van der Waals surface area contributed by atoms with Gasteiger partial charge in [0.05, 0.1) is 15.6 Å². The summed E-state index contributed by atoms with van der Waals surface area (Å²) in [5.41, 5.74) is 1.71. The lowest BCUT2D eigenvalue weighted by atomic mass is 10.1. The number of Topliss-reactive ketones (excluding diaryl/α,β-unsaturated/α-hetero) is 1. The van der Waals surface area contributed by atoms with Gasteiger partial charge in [-0.1, -0.05) is 0 Å². The molecule has 0 amide bonds. The molecule has 2 aromatic rings. The number of aryl methyl sites for hydroxylation is 1. The third-order valence-electron chi connectivity index (χ3n) is 2.01. The summed E-state index contributed by atoms with van der Waals surface area (Å²) >= 11 is 1.44. The molecular weight excluding hydrogens is 208 g/mol. The van der Waals surface area contributed by atoms with Crippen molar-refractivity contribution in [1.29, 1.82) is 0 Å². The largest absolute Gasteiger partial charge is 0.294 e. The van der Waals surface area contributed by atoms with Gasteiger partial charge in [0, 0.05) is 24.9 Å². The molecule has 2 aromatic heterocycles. The molecule has 0 fully saturated rings. The molecule has 15 heavy (non-hydrogen) atoms. The van der Waals surface area contributed by atoms with Gasteiger partial charge in [0.25, 0.3) is 0 Å². The summed E-state index contributed by atoms with van der Waals surface area (Å²) in [6.07, 6.45) is 3.40. The summed E-state index contributed by atoms with van der Waals surface area (Å²) in [5, 5.41) is 0.909. The predicted molar refractivity (Wildman–Crippen MR) is 60.1 cm³/mol. The van der Waals surface area contributed by atoms with E-state index in [1.807, 2.05) is 19.1 Å². The van der Waals surface area contributed by atoms with Gasteiger partial charge < -0.3 is 0 Å². The molecule has 0 radical (unpaired) electrons. The number of hydrogen-bond acceptors (Lipinski definition) is 4. The highest BCUT2D eigenvalue weighted by atomic mass is 32.1. The van der Waals surface area contributed by atoms with Crippen molar-refractivity contribution < 1.29 is 4.79 Å². The van der Waals surface area contributed by atoms with Gasteiger partial charge in [-0.2, -0.15) is 0 Å². The van der Waals surface area contributed by atoms with Gasteiger partial charge in [-0.15, -0.1) is 11.3 Å². The summed E-state index contributed by atoms with van der Waals surface area (Å²) in [5.74, 6) is 0.0624. The van der Waals surface area contributed by atoms with Crippen molar-refractivity contribution in [3.63, 3.8) is 0 Å². The van der Waals surface area contributed by atoms with E-state index in [1.165, 1.54) is 11.3 Å².